The molecule has 0 radical (unpaired) electrons. The lowest BCUT2D eigenvalue weighted by Gasteiger charge is -2.34. The Morgan fingerprint density at radius 3 is 2.02 bits per heavy atom. The summed E-state index contributed by atoms with van der Waals surface area (Å²) >= 11 is 13.0. The van der Waals surface area contributed by atoms with Crippen LogP contribution in [0.3, 0.4) is 0 Å². The van der Waals surface area contributed by atoms with E-state index in [0.717, 1.165) is 15.4 Å². The van der Waals surface area contributed by atoms with Crippen molar-refractivity contribution in [1.29, 1.82) is 0 Å². The van der Waals surface area contributed by atoms with E-state index >= 15 is 0 Å². The monoisotopic (exact) mass is 663 g/mol. The van der Waals surface area contributed by atoms with Gasteiger partial charge in [0.2, 0.25) is 11.8 Å². The molecule has 9 nitrogen and oxygen atoms in total. The van der Waals surface area contributed by atoms with E-state index < -0.39 is 28.5 Å². The Labute approximate surface area is 270 Å². The van der Waals surface area contributed by atoms with Crippen LogP contribution in [0.25, 0.3) is 0 Å². The van der Waals surface area contributed by atoms with Gasteiger partial charge in [0.05, 0.1) is 24.8 Å². The minimum atomic E-state index is -4.34. The van der Waals surface area contributed by atoms with Gasteiger partial charge in [-0.05, 0) is 81.6 Å². The lowest BCUT2D eigenvalue weighted by molar-refractivity contribution is -0.140. The molecule has 0 aliphatic heterocycles. The number of nitrogens with one attached hydrogen (secondary N) is 1. The van der Waals surface area contributed by atoms with Crippen molar-refractivity contribution in [1.82, 2.24) is 10.2 Å². The van der Waals surface area contributed by atoms with Crippen molar-refractivity contribution in [3.8, 4) is 11.5 Å². The average Bonchev–Trinajstić information content (AvgIpc) is 2.95. The summed E-state index contributed by atoms with van der Waals surface area (Å²) in [5.41, 5.74) is 2.35. The zero-order chi connectivity index (χ0) is 32.8. The highest BCUT2D eigenvalue weighted by Gasteiger charge is 2.35. The first-order chi connectivity index (χ1) is 20.7. The third kappa shape index (κ3) is 8.16. The normalized spacial score (nSPS) is 12.0. The summed E-state index contributed by atoms with van der Waals surface area (Å²) in [4.78, 5) is 28.9. The van der Waals surface area contributed by atoms with E-state index in [1.807, 2.05) is 33.8 Å². The number of halogens is 2. The molecule has 0 saturated heterocycles. The first kappa shape index (κ1) is 35.0. The van der Waals surface area contributed by atoms with Gasteiger partial charge in [-0.3, -0.25) is 13.9 Å². The molecule has 1 N–H and O–H groups in total. The Morgan fingerprint density at radius 1 is 0.909 bits per heavy atom. The van der Waals surface area contributed by atoms with Gasteiger partial charge in [0.25, 0.3) is 10.0 Å². The molecule has 0 fully saturated rings. The number of anilines is 1. The standard InChI is InChI=1S/C32H39Cl2N3O6S/c1-8-28(32(39)35-20(2)3)36(18-25-26(33)10-9-11-27(25)34)31(38)19-37(23-15-21(4)14-22(5)16-23)44(40,41)24-12-13-29(42-6)30(17-24)43-7/h9-17,20,28H,8,18-19H2,1-7H3,(H,35,39). The third-order valence-electron chi connectivity index (χ3n) is 6.92. The minimum Gasteiger partial charge on any atom is -0.493 e. The number of methoxy groups -OCH3 is 2. The predicted molar refractivity (Wildman–Crippen MR) is 174 cm³/mol. The second-order valence-corrected chi connectivity index (χ2v) is 13.4. The Kier molecular flexibility index (Phi) is 11.9. The van der Waals surface area contributed by atoms with Gasteiger partial charge >= 0.3 is 0 Å². The Hall–Kier alpha value is -3.47. The summed E-state index contributed by atoms with van der Waals surface area (Å²) < 4.78 is 40.3. The Morgan fingerprint density at radius 2 is 1.50 bits per heavy atom. The maximum atomic E-state index is 14.3. The highest BCUT2D eigenvalue weighted by Crippen LogP contribution is 2.33. The molecule has 2 amide bonds. The van der Waals surface area contributed by atoms with E-state index in [1.54, 1.807) is 37.3 Å². The number of aryl methyl sites for hydroxylation is 2. The summed E-state index contributed by atoms with van der Waals surface area (Å²) in [7, 11) is -1.48. The van der Waals surface area contributed by atoms with E-state index in [1.165, 1.54) is 37.3 Å². The van der Waals surface area contributed by atoms with Crippen LogP contribution in [0.15, 0.2) is 59.5 Å². The van der Waals surface area contributed by atoms with Crippen LogP contribution in [0.5, 0.6) is 11.5 Å². The van der Waals surface area contributed by atoms with Gasteiger partial charge < -0.3 is 19.7 Å². The van der Waals surface area contributed by atoms with Gasteiger partial charge in [0.15, 0.2) is 11.5 Å². The van der Waals surface area contributed by atoms with Crippen molar-refractivity contribution in [2.45, 2.75) is 64.6 Å². The summed E-state index contributed by atoms with van der Waals surface area (Å²) in [5.74, 6) is -0.424. The molecule has 1 atom stereocenters. The van der Waals surface area contributed by atoms with Gasteiger partial charge in [-0.15, -0.1) is 0 Å². The first-order valence-electron chi connectivity index (χ1n) is 14.1. The van der Waals surface area contributed by atoms with Gasteiger partial charge in [0, 0.05) is 34.3 Å². The van der Waals surface area contributed by atoms with Gasteiger partial charge in [-0.2, -0.15) is 0 Å². The van der Waals surface area contributed by atoms with E-state index in [9.17, 15) is 18.0 Å². The SMILES string of the molecule is CCC(C(=O)NC(C)C)N(Cc1c(Cl)cccc1Cl)C(=O)CN(c1cc(C)cc(C)c1)S(=O)(=O)c1ccc(OC)c(OC)c1. The molecular formula is C32H39Cl2N3O6S. The number of hydrogen-bond donors (Lipinski definition) is 1. The number of benzene rings is 3. The molecule has 0 aliphatic carbocycles. The van der Waals surface area contributed by atoms with Crippen molar-refractivity contribution < 1.29 is 27.5 Å². The highest BCUT2D eigenvalue weighted by molar-refractivity contribution is 7.92. The average molecular weight is 665 g/mol. The lowest BCUT2D eigenvalue weighted by atomic mass is 10.1. The molecule has 0 spiro atoms. The summed E-state index contributed by atoms with van der Waals surface area (Å²) in [6, 6.07) is 13.4. The topological polar surface area (TPSA) is 105 Å². The molecule has 12 heteroatoms. The third-order valence-corrected chi connectivity index (χ3v) is 9.40. The maximum absolute atomic E-state index is 14.3. The number of rotatable bonds is 13. The molecule has 0 saturated carbocycles. The van der Waals surface area contributed by atoms with Crippen molar-refractivity contribution in [3.63, 3.8) is 0 Å². The number of carbonyl (C=O) groups is 2. The van der Waals surface area contributed by atoms with Crippen LogP contribution < -0.4 is 19.1 Å². The van der Waals surface area contributed by atoms with E-state index in [2.05, 4.69) is 5.32 Å². The molecule has 3 rings (SSSR count). The van der Waals surface area contributed by atoms with Crippen molar-refractivity contribution in [2.75, 3.05) is 25.1 Å². The molecule has 0 bridgehead atoms. The van der Waals surface area contributed by atoms with Crippen LogP contribution >= 0.6 is 23.2 Å². The van der Waals surface area contributed by atoms with Crippen LogP contribution in [0.4, 0.5) is 5.69 Å². The lowest BCUT2D eigenvalue weighted by Crippen LogP contribution is -2.53. The second kappa shape index (κ2) is 15.0. The molecule has 0 aromatic heterocycles. The number of nitrogens with zero attached hydrogens (tertiary/aromatic N) is 2. The van der Waals surface area contributed by atoms with Crippen LogP contribution in [0, 0.1) is 13.8 Å². The number of carbonyl (C=O) groups excluding carboxylic acids is 2. The number of amides is 2. The van der Waals surface area contributed by atoms with Gasteiger partial charge in [-0.1, -0.05) is 42.3 Å². The van der Waals surface area contributed by atoms with Crippen molar-refractivity contribution in [3.05, 3.63) is 81.3 Å². The molecule has 44 heavy (non-hydrogen) atoms. The largest absolute Gasteiger partial charge is 0.493 e. The quantitative estimate of drug-likeness (QED) is 0.235. The van der Waals surface area contributed by atoms with Gasteiger partial charge in [-0.25, -0.2) is 8.42 Å². The van der Waals surface area contributed by atoms with Crippen LogP contribution in [0.2, 0.25) is 10.0 Å². The smallest absolute Gasteiger partial charge is 0.264 e. The molecule has 3 aromatic rings. The van der Waals surface area contributed by atoms with Crippen molar-refractivity contribution in [2.24, 2.45) is 0 Å². The molecule has 1 unspecified atom stereocenters. The van der Waals surface area contributed by atoms with Crippen LogP contribution in [0.1, 0.15) is 43.9 Å². The first-order valence-corrected chi connectivity index (χ1v) is 16.3. The fraction of sp³-hybridized carbons (Fsp3) is 0.375. The summed E-state index contributed by atoms with van der Waals surface area (Å²) in [6.45, 7) is 8.38. The zero-order valence-electron chi connectivity index (χ0n) is 26.0. The molecule has 3 aromatic carbocycles. The fourth-order valence-electron chi connectivity index (χ4n) is 4.88. The van der Waals surface area contributed by atoms with E-state index in [0.29, 0.717) is 27.0 Å². The minimum absolute atomic E-state index is 0.104. The Bertz CT molecular complexity index is 1570. The van der Waals surface area contributed by atoms with Crippen LogP contribution in [-0.4, -0.2) is 58.0 Å². The number of hydrogen-bond acceptors (Lipinski definition) is 6. The Balaban J connectivity index is 2.18. The molecular weight excluding hydrogens is 625 g/mol. The van der Waals surface area contributed by atoms with Gasteiger partial charge in [0.1, 0.15) is 12.6 Å². The molecule has 238 valence electrons. The van der Waals surface area contributed by atoms with Crippen LogP contribution in [-0.2, 0) is 26.2 Å². The predicted octanol–water partition coefficient (Wildman–Crippen LogP) is 6.15. The number of sulfonamides is 1. The fourth-order valence-corrected chi connectivity index (χ4v) is 6.81. The van der Waals surface area contributed by atoms with Crippen molar-refractivity contribution >= 4 is 50.7 Å². The summed E-state index contributed by atoms with van der Waals surface area (Å²) in [5, 5.41) is 3.50. The van der Waals surface area contributed by atoms with E-state index in [4.69, 9.17) is 32.7 Å². The highest BCUT2D eigenvalue weighted by atomic mass is 35.5. The molecule has 0 heterocycles. The second-order valence-electron chi connectivity index (χ2n) is 10.7. The number of ether oxygens (including phenoxy) is 2. The van der Waals surface area contributed by atoms with E-state index in [-0.39, 0.29) is 35.6 Å². The zero-order valence-corrected chi connectivity index (χ0v) is 28.3. The maximum Gasteiger partial charge on any atom is 0.264 e. The molecule has 0 aliphatic rings. The summed E-state index contributed by atoms with van der Waals surface area (Å²) in [6.07, 6.45) is 0.262.